The molecular formula is C18H17NO2S2. The van der Waals surface area contributed by atoms with Gasteiger partial charge in [-0.15, -0.1) is 11.8 Å². The van der Waals surface area contributed by atoms with E-state index in [4.69, 9.17) is 0 Å². The first-order valence-electron chi connectivity index (χ1n) is 7.16. The summed E-state index contributed by atoms with van der Waals surface area (Å²) < 4.78 is 27.6. The molecular weight excluding hydrogens is 326 g/mol. The first kappa shape index (κ1) is 15.9. The van der Waals surface area contributed by atoms with Crippen molar-refractivity contribution in [2.24, 2.45) is 0 Å². The van der Waals surface area contributed by atoms with Crippen LogP contribution in [0.1, 0.15) is 5.56 Å². The molecule has 3 rings (SSSR count). The SMILES string of the molecule is CSc1cc(S(=O)(=O)c2ccc(C)cc2)cn1-c1ccccc1. The van der Waals surface area contributed by atoms with Crippen molar-refractivity contribution in [2.45, 2.75) is 21.7 Å². The molecule has 118 valence electrons. The third-order valence-electron chi connectivity index (χ3n) is 3.64. The lowest BCUT2D eigenvalue weighted by molar-refractivity contribution is 0.596. The fraction of sp³-hybridized carbons (Fsp3) is 0.111. The second kappa shape index (κ2) is 6.26. The Morgan fingerprint density at radius 3 is 2.17 bits per heavy atom. The molecule has 0 saturated carbocycles. The van der Waals surface area contributed by atoms with Gasteiger partial charge in [0.05, 0.1) is 14.8 Å². The highest BCUT2D eigenvalue weighted by Crippen LogP contribution is 2.29. The fourth-order valence-corrected chi connectivity index (χ4v) is 4.32. The van der Waals surface area contributed by atoms with Gasteiger partial charge in [0.1, 0.15) is 0 Å². The third-order valence-corrected chi connectivity index (χ3v) is 6.11. The molecule has 0 unspecified atom stereocenters. The number of para-hydroxylation sites is 1. The smallest absolute Gasteiger partial charge is 0.208 e. The molecule has 0 aliphatic carbocycles. The number of aromatic nitrogens is 1. The zero-order valence-corrected chi connectivity index (χ0v) is 14.6. The summed E-state index contributed by atoms with van der Waals surface area (Å²) in [6.07, 6.45) is 3.63. The van der Waals surface area contributed by atoms with Gasteiger partial charge in [-0.05, 0) is 43.5 Å². The lowest BCUT2D eigenvalue weighted by Gasteiger charge is -2.06. The second-order valence-electron chi connectivity index (χ2n) is 5.24. The maximum atomic E-state index is 12.8. The number of hydrogen-bond donors (Lipinski definition) is 0. The number of rotatable bonds is 4. The summed E-state index contributed by atoms with van der Waals surface area (Å²) in [6.45, 7) is 1.94. The Morgan fingerprint density at radius 1 is 0.913 bits per heavy atom. The van der Waals surface area contributed by atoms with Crippen molar-refractivity contribution >= 4 is 21.6 Å². The Labute approximate surface area is 140 Å². The van der Waals surface area contributed by atoms with Gasteiger partial charge in [0.2, 0.25) is 9.84 Å². The van der Waals surface area contributed by atoms with Crippen LogP contribution < -0.4 is 0 Å². The Kier molecular flexibility index (Phi) is 4.33. The van der Waals surface area contributed by atoms with E-state index < -0.39 is 9.84 Å². The maximum Gasteiger partial charge on any atom is 0.208 e. The van der Waals surface area contributed by atoms with Gasteiger partial charge in [-0.3, -0.25) is 0 Å². The summed E-state index contributed by atoms with van der Waals surface area (Å²) in [5.74, 6) is 0. The standard InChI is InChI=1S/C18H17NO2S2/c1-14-8-10-16(11-9-14)23(20,21)17-12-18(22-2)19(13-17)15-6-4-3-5-7-15/h3-13H,1-2H3. The minimum absolute atomic E-state index is 0.314. The molecule has 1 aromatic heterocycles. The molecule has 0 radical (unpaired) electrons. The molecule has 23 heavy (non-hydrogen) atoms. The van der Waals surface area contributed by atoms with Crippen LogP contribution >= 0.6 is 11.8 Å². The number of thioether (sulfide) groups is 1. The zero-order chi connectivity index (χ0) is 16.4. The number of sulfone groups is 1. The van der Waals surface area contributed by atoms with Gasteiger partial charge in [0, 0.05) is 11.9 Å². The lowest BCUT2D eigenvalue weighted by Crippen LogP contribution is -2.01. The molecule has 5 heteroatoms. The van der Waals surface area contributed by atoms with E-state index in [0.29, 0.717) is 9.79 Å². The van der Waals surface area contributed by atoms with Crippen LogP contribution in [-0.4, -0.2) is 19.2 Å². The molecule has 0 aliphatic heterocycles. The molecule has 0 amide bonds. The average Bonchev–Trinajstić information content (AvgIpc) is 3.01. The van der Waals surface area contributed by atoms with Gasteiger partial charge >= 0.3 is 0 Å². The summed E-state index contributed by atoms with van der Waals surface area (Å²) in [5.41, 5.74) is 1.98. The van der Waals surface area contributed by atoms with Gasteiger partial charge in [0.25, 0.3) is 0 Å². The summed E-state index contributed by atoms with van der Waals surface area (Å²) in [6, 6.07) is 18.4. The summed E-state index contributed by atoms with van der Waals surface area (Å²) in [7, 11) is -3.51. The molecule has 0 saturated heterocycles. The van der Waals surface area contributed by atoms with Gasteiger partial charge < -0.3 is 4.57 Å². The molecule has 3 nitrogen and oxygen atoms in total. The summed E-state index contributed by atoms with van der Waals surface area (Å²) in [5, 5.41) is 0.891. The molecule has 1 heterocycles. The Hall–Kier alpha value is -1.98. The van der Waals surface area contributed by atoms with E-state index in [1.54, 1.807) is 24.4 Å². The number of benzene rings is 2. The van der Waals surface area contributed by atoms with E-state index in [0.717, 1.165) is 16.3 Å². The van der Waals surface area contributed by atoms with Gasteiger partial charge in [-0.1, -0.05) is 35.9 Å². The van der Waals surface area contributed by atoms with Crippen LogP contribution in [0.3, 0.4) is 0 Å². The van der Waals surface area contributed by atoms with Crippen LogP contribution in [-0.2, 0) is 9.84 Å². The van der Waals surface area contributed by atoms with E-state index in [-0.39, 0.29) is 0 Å². The van der Waals surface area contributed by atoms with Crippen molar-refractivity contribution in [2.75, 3.05) is 6.26 Å². The van der Waals surface area contributed by atoms with Crippen molar-refractivity contribution in [3.05, 3.63) is 72.4 Å². The van der Waals surface area contributed by atoms with Crippen LogP contribution in [0.15, 0.2) is 81.7 Å². The minimum Gasteiger partial charge on any atom is -0.310 e. The highest BCUT2D eigenvalue weighted by Gasteiger charge is 2.21. The first-order chi connectivity index (χ1) is 11.0. The second-order valence-corrected chi connectivity index (χ2v) is 8.02. The van der Waals surface area contributed by atoms with E-state index in [2.05, 4.69) is 0 Å². The highest BCUT2D eigenvalue weighted by atomic mass is 32.2. The van der Waals surface area contributed by atoms with Crippen LogP contribution in [0, 0.1) is 6.92 Å². The average molecular weight is 343 g/mol. The Bertz CT molecular complexity index is 911. The van der Waals surface area contributed by atoms with Gasteiger partial charge in [-0.2, -0.15) is 0 Å². The summed E-state index contributed by atoms with van der Waals surface area (Å²) >= 11 is 1.52. The number of aryl methyl sites for hydroxylation is 1. The quantitative estimate of drug-likeness (QED) is 0.662. The molecule has 0 spiro atoms. The molecule has 3 aromatic rings. The van der Waals surface area contributed by atoms with Crippen molar-refractivity contribution in [1.29, 1.82) is 0 Å². The Morgan fingerprint density at radius 2 is 1.57 bits per heavy atom. The maximum absolute atomic E-state index is 12.8. The van der Waals surface area contributed by atoms with E-state index in [9.17, 15) is 8.42 Å². The third kappa shape index (κ3) is 3.07. The normalized spacial score (nSPS) is 11.6. The van der Waals surface area contributed by atoms with Crippen LogP contribution in [0.4, 0.5) is 0 Å². The number of hydrogen-bond acceptors (Lipinski definition) is 3. The van der Waals surface area contributed by atoms with Crippen molar-refractivity contribution in [3.63, 3.8) is 0 Å². The van der Waals surface area contributed by atoms with Crippen molar-refractivity contribution in [1.82, 2.24) is 4.57 Å². The zero-order valence-electron chi connectivity index (χ0n) is 12.9. The number of nitrogens with zero attached hydrogens (tertiary/aromatic N) is 1. The van der Waals surface area contributed by atoms with Gasteiger partial charge in [-0.25, -0.2) is 8.42 Å². The first-order valence-corrected chi connectivity index (χ1v) is 9.87. The predicted molar refractivity (Wildman–Crippen MR) is 94.2 cm³/mol. The van der Waals surface area contributed by atoms with Crippen LogP contribution in [0.25, 0.3) is 5.69 Å². The molecule has 0 fully saturated rings. The highest BCUT2D eigenvalue weighted by molar-refractivity contribution is 7.98. The van der Waals surface area contributed by atoms with E-state index in [1.807, 2.05) is 60.2 Å². The molecule has 2 aromatic carbocycles. The monoisotopic (exact) mass is 343 g/mol. The van der Waals surface area contributed by atoms with E-state index in [1.165, 1.54) is 11.8 Å². The van der Waals surface area contributed by atoms with Crippen molar-refractivity contribution in [3.8, 4) is 5.69 Å². The summed E-state index contributed by atoms with van der Waals surface area (Å²) in [4.78, 5) is 0.635. The Balaban J connectivity index is 2.10. The van der Waals surface area contributed by atoms with Crippen LogP contribution in [0.5, 0.6) is 0 Å². The molecule has 0 bridgehead atoms. The predicted octanol–water partition coefficient (Wildman–Crippen LogP) is 4.34. The largest absolute Gasteiger partial charge is 0.310 e. The topological polar surface area (TPSA) is 39.1 Å². The van der Waals surface area contributed by atoms with Gasteiger partial charge in [0.15, 0.2) is 0 Å². The minimum atomic E-state index is -3.51. The van der Waals surface area contributed by atoms with Crippen LogP contribution in [0.2, 0.25) is 0 Å². The fourth-order valence-electron chi connectivity index (χ4n) is 2.37. The molecule has 0 aliphatic rings. The molecule has 0 atom stereocenters. The molecule has 0 N–H and O–H groups in total. The van der Waals surface area contributed by atoms with Crippen molar-refractivity contribution < 1.29 is 8.42 Å². The lowest BCUT2D eigenvalue weighted by atomic mass is 10.2. The van der Waals surface area contributed by atoms with E-state index >= 15 is 0 Å².